The van der Waals surface area contributed by atoms with Crippen molar-refractivity contribution in [2.75, 3.05) is 14.2 Å². The molecule has 0 radical (unpaired) electrons. The Bertz CT molecular complexity index is 872. The van der Waals surface area contributed by atoms with E-state index in [1.54, 1.807) is 24.3 Å². The molecule has 0 amide bonds. The smallest absolute Gasteiger partial charge is 0.182 e. The van der Waals surface area contributed by atoms with Crippen LogP contribution in [0, 0.1) is 17.1 Å². The van der Waals surface area contributed by atoms with E-state index in [2.05, 4.69) is 0 Å². The van der Waals surface area contributed by atoms with Gasteiger partial charge in [0.15, 0.2) is 21.3 Å². The van der Waals surface area contributed by atoms with Crippen LogP contribution in [0.2, 0.25) is 0 Å². The fourth-order valence-corrected chi connectivity index (χ4v) is 3.41. The van der Waals surface area contributed by atoms with Gasteiger partial charge in [0.2, 0.25) is 0 Å². The average molecular weight is 335 g/mol. The molecule has 0 unspecified atom stereocenters. The van der Waals surface area contributed by atoms with Crippen molar-refractivity contribution in [1.29, 1.82) is 5.26 Å². The van der Waals surface area contributed by atoms with Gasteiger partial charge >= 0.3 is 0 Å². The van der Waals surface area contributed by atoms with Gasteiger partial charge < -0.3 is 9.47 Å². The van der Waals surface area contributed by atoms with Gasteiger partial charge in [-0.05, 0) is 35.9 Å². The third kappa shape index (κ3) is 3.60. The Kier molecular flexibility index (Phi) is 4.86. The van der Waals surface area contributed by atoms with E-state index in [1.807, 2.05) is 0 Å². The van der Waals surface area contributed by atoms with E-state index in [1.165, 1.54) is 14.2 Å². The van der Waals surface area contributed by atoms with Crippen LogP contribution in [0.1, 0.15) is 11.1 Å². The maximum Gasteiger partial charge on any atom is 0.182 e. The lowest BCUT2D eigenvalue weighted by Gasteiger charge is -2.10. The Morgan fingerprint density at radius 3 is 2.39 bits per heavy atom. The number of sulfone groups is 1. The summed E-state index contributed by atoms with van der Waals surface area (Å²) >= 11 is 0. The highest BCUT2D eigenvalue weighted by Gasteiger charge is 2.18. The van der Waals surface area contributed by atoms with Gasteiger partial charge in [0.25, 0.3) is 0 Å². The number of nitrogens with zero attached hydrogens (tertiary/aromatic N) is 1. The Morgan fingerprint density at radius 2 is 1.78 bits per heavy atom. The Balaban J connectivity index is 2.37. The van der Waals surface area contributed by atoms with Crippen LogP contribution in [0.4, 0.5) is 4.39 Å². The van der Waals surface area contributed by atoms with Gasteiger partial charge in [-0.25, -0.2) is 12.8 Å². The summed E-state index contributed by atoms with van der Waals surface area (Å²) < 4.78 is 48.4. The summed E-state index contributed by atoms with van der Waals surface area (Å²) in [6, 6.07) is 9.55. The van der Waals surface area contributed by atoms with Crippen LogP contribution >= 0.6 is 0 Å². The van der Waals surface area contributed by atoms with Gasteiger partial charge in [-0.2, -0.15) is 5.26 Å². The molecular formula is C16H14FNO4S. The molecule has 0 atom stereocenters. The summed E-state index contributed by atoms with van der Waals surface area (Å²) in [5, 5.41) is 8.81. The summed E-state index contributed by atoms with van der Waals surface area (Å²) in [5.41, 5.74) is 0.184. The number of hydrogen-bond acceptors (Lipinski definition) is 5. The summed E-state index contributed by atoms with van der Waals surface area (Å²) in [5.74, 6) is -0.152. The lowest BCUT2D eigenvalue weighted by Crippen LogP contribution is -2.06. The normalized spacial score (nSPS) is 10.9. The molecule has 7 heteroatoms. The first-order valence-corrected chi connectivity index (χ1v) is 8.20. The van der Waals surface area contributed by atoms with Crippen LogP contribution in [0.3, 0.4) is 0 Å². The minimum absolute atomic E-state index is 0.106. The van der Waals surface area contributed by atoms with Crippen LogP contribution in [-0.2, 0) is 15.6 Å². The van der Waals surface area contributed by atoms with Crippen molar-refractivity contribution < 1.29 is 22.3 Å². The topological polar surface area (TPSA) is 76.4 Å². The highest BCUT2D eigenvalue weighted by molar-refractivity contribution is 7.90. The van der Waals surface area contributed by atoms with E-state index in [0.29, 0.717) is 17.1 Å². The number of hydrogen-bond donors (Lipinski definition) is 0. The second kappa shape index (κ2) is 6.67. The standard InChI is InChI=1S/C16H14FNO4S/c1-21-15-6-3-11(7-16(15)22-2)10-23(19,20)13-4-5-14(17)12(8-13)9-18/h3-8H,10H2,1-2H3. The number of nitriles is 1. The Morgan fingerprint density at radius 1 is 1.09 bits per heavy atom. The number of halogens is 1. The molecule has 0 aliphatic carbocycles. The molecule has 0 N–H and O–H groups in total. The summed E-state index contributed by atoms with van der Waals surface area (Å²) in [6.07, 6.45) is 0. The van der Waals surface area contributed by atoms with Crippen LogP contribution in [0.15, 0.2) is 41.3 Å². The van der Waals surface area contributed by atoms with Crippen LogP contribution in [-0.4, -0.2) is 22.6 Å². The largest absolute Gasteiger partial charge is 0.493 e. The molecule has 0 heterocycles. The van der Waals surface area contributed by atoms with E-state index in [0.717, 1.165) is 18.2 Å². The predicted molar refractivity (Wildman–Crippen MR) is 81.6 cm³/mol. The molecule has 120 valence electrons. The lowest BCUT2D eigenvalue weighted by atomic mass is 10.2. The zero-order valence-corrected chi connectivity index (χ0v) is 13.4. The van der Waals surface area contributed by atoms with Gasteiger partial charge in [-0.15, -0.1) is 0 Å². The van der Waals surface area contributed by atoms with E-state index < -0.39 is 15.7 Å². The van der Waals surface area contributed by atoms with Crippen molar-refractivity contribution in [3.63, 3.8) is 0 Å². The third-order valence-electron chi connectivity index (χ3n) is 3.22. The number of rotatable bonds is 5. The Hall–Kier alpha value is -2.59. The quantitative estimate of drug-likeness (QED) is 0.785. The van der Waals surface area contributed by atoms with Crippen molar-refractivity contribution in [2.24, 2.45) is 0 Å². The zero-order chi connectivity index (χ0) is 17.0. The molecule has 5 nitrogen and oxygen atoms in total. The van der Waals surface area contributed by atoms with Crippen LogP contribution in [0.5, 0.6) is 11.5 Å². The molecule has 0 aliphatic rings. The molecule has 0 aliphatic heterocycles. The highest BCUT2D eigenvalue weighted by Crippen LogP contribution is 2.29. The van der Waals surface area contributed by atoms with Crippen LogP contribution < -0.4 is 9.47 Å². The number of benzene rings is 2. The first kappa shape index (κ1) is 16.8. The third-order valence-corrected chi connectivity index (χ3v) is 4.91. The monoisotopic (exact) mass is 335 g/mol. The molecule has 0 saturated carbocycles. The minimum Gasteiger partial charge on any atom is -0.493 e. The molecule has 0 bridgehead atoms. The molecule has 2 rings (SSSR count). The average Bonchev–Trinajstić information content (AvgIpc) is 2.54. The SMILES string of the molecule is COc1ccc(CS(=O)(=O)c2ccc(F)c(C#N)c2)cc1OC. The minimum atomic E-state index is -3.72. The predicted octanol–water partition coefficient (Wildman–Crippen LogP) is 2.69. The molecule has 0 aromatic heterocycles. The first-order valence-electron chi connectivity index (χ1n) is 6.54. The highest BCUT2D eigenvalue weighted by atomic mass is 32.2. The second-order valence-corrected chi connectivity index (χ2v) is 6.69. The second-order valence-electron chi connectivity index (χ2n) is 4.70. The van der Waals surface area contributed by atoms with Crippen molar-refractivity contribution in [3.05, 3.63) is 53.3 Å². The van der Waals surface area contributed by atoms with Gasteiger partial charge in [-0.3, -0.25) is 0 Å². The summed E-state index contributed by atoms with van der Waals surface area (Å²) in [7, 11) is -0.785. The van der Waals surface area contributed by atoms with Gasteiger partial charge in [0, 0.05) is 0 Å². The van der Waals surface area contributed by atoms with Crippen LogP contribution in [0.25, 0.3) is 0 Å². The summed E-state index contributed by atoms with van der Waals surface area (Å²) in [6.45, 7) is 0. The van der Waals surface area contributed by atoms with Crippen molar-refractivity contribution in [2.45, 2.75) is 10.6 Å². The molecule has 0 saturated heterocycles. The fraction of sp³-hybridized carbons (Fsp3) is 0.188. The maximum atomic E-state index is 13.3. The van der Waals surface area contributed by atoms with E-state index in [4.69, 9.17) is 14.7 Å². The molecule has 23 heavy (non-hydrogen) atoms. The van der Waals surface area contributed by atoms with E-state index in [9.17, 15) is 12.8 Å². The van der Waals surface area contributed by atoms with Gasteiger partial charge in [0.05, 0.1) is 30.4 Å². The molecule has 2 aromatic rings. The first-order chi connectivity index (χ1) is 10.9. The van der Waals surface area contributed by atoms with Gasteiger partial charge in [-0.1, -0.05) is 6.07 Å². The molecule has 0 fully saturated rings. The van der Waals surface area contributed by atoms with Crippen molar-refractivity contribution in [1.82, 2.24) is 0 Å². The van der Waals surface area contributed by atoms with E-state index >= 15 is 0 Å². The molecule has 2 aromatic carbocycles. The van der Waals surface area contributed by atoms with E-state index in [-0.39, 0.29) is 16.2 Å². The van der Waals surface area contributed by atoms with Gasteiger partial charge in [0.1, 0.15) is 11.9 Å². The molecular weight excluding hydrogens is 321 g/mol. The fourth-order valence-electron chi connectivity index (χ4n) is 2.06. The number of methoxy groups -OCH3 is 2. The Labute approximate surface area is 133 Å². The molecule has 0 spiro atoms. The van der Waals surface area contributed by atoms with Crippen molar-refractivity contribution >= 4 is 9.84 Å². The number of ether oxygens (including phenoxy) is 2. The van der Waals surface area contributed by atoms with Crippen molar-refractivity contribution in [3.8, 4) is 17.6 Å². The summed E-state index contributed by atoms with van der Waals surface area (Å²) in [4.78, 5) is -0.106. The lowest BCUT2D eigenvalue weighted by molar-refractivity contribution is 0.354. The zero-order valence-electron chi connectivity index (χ0n) is 12.5. The maximum absolute atomic E-state index is 13.3.